The second kappa shape index (κ2) is 6.82. The van der Waals surface area contributed by atoms with E-state index < -0.39 is 17.9 Å². The first-order chi connectivity index (χ1) is 13.6. The van der Waals surface area contributed by atoms with Gasteiger partial charge in [-0.2, -0.15) is 0 Å². The van der Waals surface area contributed by atoms with E-state index in [-0.39, 0.29) is 25.3 Å². The lowest BCUT2D eigenvalue weighted by Gasteiger charge is -2.22. The van der Waals surface area contributed by atoms with E-state index in [9.17, 15) is 13.6 Å². The molecule has 0 N–H and O–H groups in total. The molecule has 1 aromatic carbocycles. The number of alkyl halides is 2. The van der Waals surface area contributed by atoms with Gasteiger partial charge in [0.25, 0.3) is 5.92 Å². The summed E-state index contributed by atoms with van der Waals surface area (Å²) in [6, 6.07) is 8.88. The molecule has 0 atom stereocenters. The van der Waals surface area contributed by atoms with Crippen molar-refractivity contribution in [3.63, 3.8) is 0 Å². The van der Waals surface area contributed by atoms with Gasteiger partial charge >= 0.3 is 0 Å². The molecule has 4 rings (SSSR count). The molecule has 1 aliphatic rings. The Kier molecular flexibility index (Phi) is 4.55. The first-order valence-corrected chi connectivity index (χ1v) is 9.47. The van der Waals surface area contributed by atoms with Crippen molar-refractivity contribution in [2.75, 3.05) is 18.0 Å². The number of benzene rings is 1. The number of Topliss-reactive ketones (excluding diaryl/α,β-unsaturated/α-hetero) is 1. The quantitative estimate of drug-likeness (QED) is 0.626. The molecule has 1 fully saturated rings. The maximum atomic E-state index is 13.8. The predicted octanol–water partition coefficient (Wildman–Crippen LogP) is 3.25. The van der Waals surface area contributed by atoms with Crippen molar-refractivity contribution >= 4 is 22.8 Å². The monoisotopic (exact) mass is 400 g/mol. The van der Waals surface area contributed by atoms with Crippen molar-refractivity contribution in [2.45, 2.75) is 45.1 Å². The molecule has 0 amide bonds. The van der Waals surface area contributed by atoms with Gasteiger partial charge in [0.15, 0.2) is 22.8 Å². The molecule has 0 radical (unpaired) electrons. The predicted molar refractivity (Wildman–Crippen MR) is 104 cm³/mol. The smallest absolute Gasteiger partial charge is 0.266 e. The molecule has 152 valence electrons. The summed E-state index contributed by atoms with van der Waals surface area (Å²) in [6.07, 6.45) is -0.232. The third-order valence-electron chi connectivity index (χ3n) is 4.87. The maximum Gasteiger partial charge on any atom is 0.266 e. The van der Waals surface area contributed by atoms with E-state index in [2.05, 4.69) is 20.3 Å². The van der Waals surface area contributed by atoms with Crippen LogP contribution in [0.1, 0.15) is 43.4 Å². The Morgan fingerprint density at radius 3 is 2.52 bits per heavy atom. The van der Waals surface area contributed by atoms with E-state index in [1.807, 2.05) is 26.8 Å². The normalized spacial score (nSPS) is 16.5. The summed E-state index contributed by atoms with van der Waals surface area (Å²) < 4.78 is 29.0. The fourth-order valence-corrected chi connectivity index (χ4v) is 3.27. The summed E-state index contributed by atoms with van der Waals surface area (Å²) in [7, 11) is 0. The third-order valence-corrected chi connectivity index (χ3v) is 4.87. The number of carbonyl (C=O) groups is 1. The van der Waals surface area contributed by atoms with Crippen LogP contribution in [0, 0.1) is 0 Å². The van der Waals surface area contributed by atoms with E-state index in [1.165, 1.54) is 9.58 Å². The third kappa shape index (κ3) is 3.81. The summed E-state index contributed by atoms with van der Waals surface area (Å²) in [6.45, 7) is 5.55. The second-order valence-electron chi connectivity index (χ2n) is 8.36. The molecule has 0 saturated carbocycles. The number of carbonyl (C=O) groups excluding carboxylic acids is 1. The van der Waals surface area contributed by atoms with Gasteiger partial charge in [0.1, 0.15) is 12.4 Å². The number of ketones is 1. The lowest BCUT2D eigenvalue weighted by molar-refractivity contribution is 0.0257. The fourth-order valence-electron chi connectivity index (χ4n) is 3.27. The average Bonchev–Trinajstić information content (AvgIpc) is 3.24. The highest BCUT2D eigenvalue weighted by Crippen LogP contribution is 2.34. The molecular formula is C20H22F2N6O. The van der Waals surface area contributed by atoms with Crippen LogP contribution >= 0.6 is 0 Å². The maximum absolute atomic E-state index is 13.8. The van der Waals surface area contributed by atoms with Gasteiger partial charge in [0.2, 0.25) is 0 Å². The molecule has 1 saturated heterocycles. The number of nitrogens with zero attached hydrogens (tertiary/aromatic N) is 6. The molecule has 0 unspecified atom stereocenters. The van der Waals surface area contributed by atoms with Crippen LogP contribution in [0.15, 0.2) is 30.3 Å². The van der Waals surface area contributed by atoms with Crippen LogP contribution in [0.4, 0.5) is 14.6 Å². The first kappa shape index (κ1) is 19.4. The zero-order valence-corrected chi connectivity index (χ0v) is 16.6. The molecule has 1 aliphatic heterocycles. The number of halogens is 2. The van der Waals surface area contributed by atoms with Crippen LogP contribution in [0.5, 0.6) is 0 Å². The van der Waals surface area contributed by atoms with Crippen LogP contribution in [0.3, 0.4) is 0 Å². The van der Waals surface area contributed by atoms with Gasteiger partial charge in [-0.3, -0.25) is 4.79 Å². The van der Waals surface area contributed by atoms with Crippen molar-refractivity contribution in [3.8, 4) is 0 Å². The van der Waals surface area contributed by atoms with Gasteiger partial charge in [-0.05, 0) is 0 Å². The molecule has 2 aromatic heterocycles. The Balaban J connectivity index is 1.78. The van der Waals surface area contributed by atoms with Crippen LogP contribution in [0.2, 0.25) is 0 Å². The molecule has 9 heteroatoms. The van der Waals surface area contributed by atoms with Gasteiger partial charge in [0.05, 0.1) is 6.54 Å². The van der Waals surface area contributed by atoms with E-state index >= 15 is 0 Å². The minimum Gasteiger partial charge on any atom is -0.348 e. The van der Waals surface area contributed by atoms with Gasteiger partial charge < -0.3 is 4.90 Å². The zero-order chi connectivity index (χ0) is 20.8. The molecule has 0 bridgehead atoms. The molecule has 29 heavy (non-hydrogen) atoms. The Labute approximate surface area is 166 Å². The minimum atomic E-state index is -2.77. The second-order valence-corrected chi connectivity index (χ2v) is 8.36. The Bertz CT molecular complexity index is 1060. The SMILES string of the molecule is CC(C)(C)c1nc(N2CCC(F)(F)C2)c2nnn(CC(=O)c3ccccc3)c2n1. The highest BCUT2D eigenvalue weighted by atomic mass is 19.3. The number of rotatable bonds is 4. The molecule has 3 heterocycles. The number of aromatic nitrogens is 5. The Morgan fingerprint density at radius 1 is 1.17 bits per heavy atom. The van der Waals surface area contributed by atoms with Gasteiger partial charge in [-0.25, -0.2) is 23.4 Å². The van der Waals surface area contributed by atoms with Crippen LogP contribution in [-0.4, -0.2) is 49.8 Å². The summed E-state index contributed by atoms with van der Waals surface area (Å²) >= 11 is 0. The highest BCUT2D eigenvalue weighted by molar-refractivity contribution is 5.96. The van der Waals surface area contributed by atoms with Crippen LogP contribution in [-0.2, 0) is 12.0 Å². The number of hydrogen-bond acceptors (Lipinski definition) is 6. The van der Waals surface area contributed by atoms with Gasteiger partial charge in [0, 0.05) is 23.9 Å². The zero-order valence-electron chi connectivity index (χ0n) is 16.6. The van der Waals surface area contributed by atoms with Crippen molar-refractivity contribution in [1.29, 1.82) is 0 Å². The summed E-state index contributed by atoms with van der Waals surface area (Å²) in [5, 5.41) is 8.21. The molecule has 3 aromatic rings. The van der Waals surface area contributed by atoms with Crippen molar-refractivity contribution in [3.05, 3.63) is 41.7 Å². The molecule has 0 aliphatic carbocycles. The summed E-state index contributed by atoms with van der Waals surface area (Å²) in [5.74, 6) is -2.07. The van der Waals surface area contributed by atoms with E-state index in [4.69, 9.17) is 0 Å². The first-order valence-electron chi connectivity index (χ1n) is 9.47. The van der Waals surface area contributed by atoms with E-state index in [0.29, 0.717) is 28.4 Å². The van der Waals surface area contributed by atoms with E-state index in [0.717, 1.165) is 0 Å². The van der Waals surface area contributed by atoms with Crippen LogP contribution in [0.25, 0.3) is 11.2 Å². The fraction of sp³-hybridized carbons (Fsp3) is 0.450. The lowest BCUT2D eigenvalue weighted by atomic mass is 9.96. The van der Waals surface area contributed by atoms with Crippen molar-refractivity contribution in [1.82, 2.24) is 25.0 Å². The number of fused-ring (bicyclic) bond motifs is 1. The van der Waals surface area contributed by atoms with Crippen LogP contribution < -0.4 is 4.90 Å². The van der Waals surface area contributed by atoms with E-state index in [1.54, 1.807) is 24.3 Å². The van der Waals surface area contributed by atoms with Gasteiger partial charge in [-0.1, -0.05) is 56.3 Å². The largest absolute Gasteiger partial charge is 0.348 e. The number of hydrogen-bond donors (Lipinski definition) is 0. The Hall–Kier alpha value is -2.97. The van der Waals surface area contributed by atoms with Crippen molar-refractivity contribution in [2.24, 2.45) is 0 Å². The van der Waals surface area contributed by atoms with Crippen molar-refractivity contribution < 1.29 is 13.6 Å². The van der Waals surface area contributed by atoms with Gasteiger partial charge in [-0.15, -0.1) is 5.10 Å². The Morgan fingerprint density at radius 2 is 1.90 bits per heavy atom. The topological polar surface area (TPSA) is 76.8 Å². The number of anilines is 1. The average molecular weight is 400 g/mol. The standard InChI is InChI=1S/C20H22F2N6O/c1-19(2,3)18-23-16(27-10-9-20(21,22)12-27)15-17(24-18)28(26-25-15)11-14(29)13-7-5-4-6-8-13/h4-8H,9-12H2,1-3H3. The summed E-state index contributed by atoms with van der Waals surface area (Å²) in [5.41, 5.74) is 0.848. The minimum absolute atomic E-state index is 0.0449. The molecular weight excluding hydrogens is 378 g/mol. The highest BCUT2D eigenvalue weighted by Gasteiger charge is 2.40. The lowest BCUT2D eigenvalue weighted by Crippen LogP contribution is -2.27. The molecule has 7 nitrogen and oxygen atoms in total. The molecule has 0 spiro atoms. The summed E-state index contributed by atoms with van der Waals surface area (Å²) in [4.78, 5) is 23.3.